The van der Waals surface area contributed by atoms with Crippen LogP contribution in [0.25, 0.3) is 22.3 Å². The molecular weight excluding hydrogens is 271 g/mol. The van der Waals surface area contributed by atoms with Crippen LogP contribution in [0.2, 0.25) is 0 Å². The summed E-state index contributed by atoms with van der Waals surface area (Å²) >= 11 is 0. The van der Waals surface area contributed by atoms with Gasteiger partial charge in [0, 0.05) is 0 Å². The van der Waals surface area contributed by atoms with E-state index in [0.717, 1.165) is 40.7 Å². The van der Waals surface area contributed by atoms with Gasteiger partial charge < -0.3 is 0 Å². The number of hydrogen-bond donors (Lipinski definition) is 0. The first-order valence-corrected chi connectivity index (χ1v) is 7.64. The van der Waals surface area contributed by atoms with Gasteiger partial charge in [0.15, 0.2) is 0 Å². The predicted molar refractivity (Wildman–Crippen MR) is 90.1 cm³/mol. The van der Waals surface area contributed by atoms with Gasteiger partial charge in [-0.25, -0.2) is 4.39 Å². The fourth-order valence-corrected chi connectivity index (χ4v) is 2.82. The minimum absolute atomic E-state index is 0.206. The van der Waals surface area contributed by atoms with E-state index in [1.807, 2.05) is 30.3 Å². The summed E-state index contributed by atoms with van der Waals surface area (Å²) < 4.78 is 13.7. The Labute approximate surface area is 131 Å². The predicted octanol–water partition coefficient (Wildman–Crippen LogP) is 5.91. The first kappa shape index (κ1) is 14.5. The van der Waals surface area contributed by atoms with Crippen LogP contribution < -0.4 is 0 Å². The SMILES string of the molecule is CCCc1[c]ccc(-c2ccccc2)c1-c1cccc(F)c1. The van der Waals surface area contributed by atoms with Crippen molar-refractivity contribution >= 4 is 0 Å². The second-order valence-corrected chi connectivity index (χ2v) is 5.37. The summed E-state index contributed by atoms with van der Waals surface area (Å²) in [4.78, 5) is 0. The molecule has 0 nitrogen and oxygen atoms in total. The maximum absolute atomic E-state index is 13.7. The summed E-state index contributed by atoms with van der Waals surface area (Å²) in [5, 5.41) is 0. The Bertz CT molecular complexity index is 760. The van der Waals surface area contributed by atoms with Crippen molar-refractivity contribution in [2.24, 2.45) is 0 Å². The molecule has 3 aromatic rings. The van der Waals surface area contributed by atoms with Gasteiger partial charge in [-0.05, 0) is 52.4 Å². The van der Waals surface area contributed by atoms with Gasteiger partial charge in [0.1, 0.15) is 5.82 Å². The van der Waals surface area contributed by atoms with Gasteiger partial charge in [-0.2, -0.15) is 0 Å². The molecule has 109 valence electrons. The second-order valence-electron chi connectivity index (χ2n) is 5.37. The molecule has 1 heteroatoms. The normalized spacial score (nSPS) is 10.6. The van der Waals surface area contributed by atoms with Crippen molar-refractivity contribution in [2.45, 2.75) is 19.8 Å². The number of halogens is 1. The first-order valence-electron chi connectivity index (χ1n) is 7.64. The summed E-state index contributed by atoms with van der Waals surface area (Å²) in [7, 11) is 0. The van der Waals surface area contributed by atoms with Gasteiger partial charge in [-0.15, -0.1) is 0 Å². The zero-order chi connectivity index (χ0) is 15.4. The quantitative estimate of drug-likeness (QED) is 0.560. The lowest BCUT2D eigenvalue weighted by atomic mass is 9.89. The minimum atomic E-state index is -0.206. The number of aryl methyl sites for hydroxylation is 1. The molecule has 3 rings (SSSR count). The summed E-state index contributed by atoms with van der Waals surface area (Å²) in [6.07, 6.45) is 1.98. The molecule has 0 heterocycles. The van der Waals surface area contributed by atoms with Gasteiger partial charge in [0.2, 0.25) is 0 Å². The maximum Gasteiger partial charge on any atom is 0.123 e. The third-order valence-electron chi connectivity index (χ3n) is 3.78. The zero-order valence-electron chi connectivity index (χ0n) is 12.6. The van der Waals surface area contributed by atoms with E-state index >= 15 is 0 Å². The van der Waals surface area contributed by atoms with Crippen molar-refractivity contribution in [3.63, 3.8) is 0 Å². The van der Waals surface area contributed by atoms with Crippen LogP contribution >= 0.6 is 0 Å². The Hall–Kier alpha value is -2.41. The van der Waals surface area contributed by atoms with Crippen LogP contribution in [0.15, 0.2) is 66.7 Å². The number of hydrogen-bond acceptors (Lipinski definition) is 0. The molecular formula is C21H18F. The fraction of sp³-hybridized carbons (Fsp3) is 0.143. The van der Waals surface area contributed by atoms with E-state index in [0.29, 0.717) is 0 Å². The number of benzene rings is 3. The Morgan fingerprint density at radius 1 is 0.909 bits per heavy atom. The molecule has 0 N–H and O–H groups in total. The van der Waals surface area contributed by atoms with E-state index in [4.69, 9.17) is 0 Å². The largest absolute Gasteiger partial charge is 0.207 e. The number of rotatable bonds is 4. The molecule has 0 aliphatic heterocycles. The van der Waals surface area contributed by atoms with Crippen molar-refractivity contribution in [1.82, 2.24) is 0 Å². The molecule has 3 aromatic carbocycles. The topological polar surface area (TPSA) is 0 Å². The Morgan fingerprint density at radius 2 is 1.68 bits per heavy atom. The highest BCUT2D eigenvalue weighted by Gasteiger charge is 2.12. The van der Waals surface area contributed by atoms with E-state index in [-0.39, 0.29) is 5.82 Å². The molecule has 0 spiro atoms. The highest BCUT2D eigenvalue weighted by molar-refractivity contribution is 5.85. The molecule has 0 saturated heterocycles. The van der Waals surface area contributed by atoms with Gasteiger partial charge in [0.25, 0.3) is 0 Å². The Morgan fingerprint density at radius 3 is 2.41 bits per heavy atom. The maximum atomic E-state index is 13.7. The van der Waals surface area contributed by atoms with Crippen LogP contribution in [0.3, 0.4) is 0 Å². The monoisotopic (exact) mass is 289 g/mol. The Balaban J connectivity index is 2.25. The van der Waals surface area contributed by atoms with E-state index in [1.54, 1.807) is 12.1 Å². The lowest BCUT2D eigenvalue weighted by Gasteiger charge is -2.15. The molecule has 0 atom stereocenters. The molecule has 0 saturated carbocycles. The third-order valence-corrected chi connectivity index (χ3v) is 3.78. The molecule has 0 aromatic heterocycles. The smallest absolute Gasteiger partial charge is 0.123 e. The third kappa shape index (κ3) is 2.94. The van der Waals surface area contributed by atoms with Crippen LogP contribution in [0.1, 0.15) is 18.9 Å². The fourth-order valence-electron chi connectivity index (χ4n) is 2.82. The van der Waals surface area contributed by atoms with Crippen LogP contribution in [0.5, 0.6) is 0 Å². The average molecular weight is 289 g/mol. The van der Waals surface area contributed by atoms with Gasteiger partial charge in [-0.3, -0.25) is 0 Å². The molecule has 0 fully saturated rings. The van der Waals surface area contributed by atoms with Crippen LogP contribution in [0.4, 0.5) is 4.39 Å². The zero-order valence-corrected chi connectivity index (χ0v) is 12.6. The standard InChI is InChI=1S/C21H18F/c1-2-8-17-11-7-14-20(16-9-4-3-5-10-16)21(17)18-12-6-13-19(22)15-18/h3-7,9-10,12-15H,2,8H2,1H3. The first-order chi connectivity index (χ1) is 10.8. The van der Waals surface area contributed by atoms with E-state index < -0.39 is 0 Å². The molecule has 0 amide bonds. The summed E-state index contributed by atoms with van der Waals surface area (Å²) in [6, 6.07) is 24.4. The summed E-state index contributed by atoms with van der Waals surface area (Å²) in [6.45, 7) is 2.15. The van der Waals surface area contributed by atoms with Crippen molar-refractivity contribution in [1.29, 1.82) is 0 Å². The van der Waals surface area contributed by atoms with Crippen LogP contribution in [-0.4, -0.2) is 0 Å². The highest BCUT2D eigenvalue weighted by atomic mass is 19.1. The van der Waals surface area contributed by atoms with Crippen LogP contribution in [-0.2, 0) is 6.42 Å². The summed E-state index contributed by atoms with van der Waals surface area (Å²) in [5.74, 6) is -0.206. The molecule has 0 unspecified atom stereocenters. The van der Waals surface area contributed by atoms with Crippen molar-refractivity contribution < 1.29 is 4.39 Å². The molecule has 22 heavy (non-hydrogen) atoms. The van der Waals surface area contributed by atoms with E-state index in [2.05, 4.69) is 31.2 Å². The van der Waals surface area contributed by atoms with Gasteiger partial charge >= 0.3 is 0 Å². The van der Waals surface area contributed by atoms with E-state index in [1.165, 1.54) is 6.07 Å². The Kier molecular flexibility index (Phi) is 4.34. The van der Waals surface area contributed by atoms with Crippen molar-refractivity contribution in [2.75, 3.05) is 0 Å². The average Bonchev–Trinajstić information content (AvgIpc) is 2.56. The highest BCUT2D eigenvalue weighted by Crippen LogP contribution is 2.35. The van der Waals surface area contributed by atoms with Crippen LogP contribution in [0, 0.1) is 11.9 Å². The van der Waals surface area contributed by atoms with E-state index in [9.17, 15) is 4.39 Å². The molecule has 0 aliphatic rings. The second kappa shape index (κ2) is 6.57. The van der Waals surface area contributed by atoms with Crippen molar-refractivity contribution in [3.05, 3.63) is 84.2 Å². The van der Waals surface area contributed by atoms with Gasteiger partial charge in [0.05, 0.1) is 0 Å². The lowest BCUT2D eigenvalue weighted by molar-refractivity contribution is 0.628. The lowest BCUT2D eigenvalue weighted by Crippen LogP contribution is -1.94. The minimum Gasteiger partial charge on any atom is -0.207 e. The molecule has 0 aliphatic carbocycles. The summed E-state index contributed by atoms with van der Waals surface area (Å²) in [5.41, 5.74) is 5.44. The van der Waals surface area contributed by atoms with Gasteiger partial charge in [-0.1, -0.05) is 67.9 Å². The molecule has 1 radical (unpaired) electrons. The molecule has 0 bridgehead atoms. The van der Waals surface area contributed by atoms with Crippen molar-refractivity contribution in [3.8, 4) is 22.3 Å².